The number of ketones is 1. The van der Waals surface area contributed by atoms with Crippen molar-refractivity contribution in [3.05, 3.63) is 58.4 Å². The summed E-state index contributed by atoms with van der Waals surface area (Å²) in [4.78, 5) is 40.4. The smallest absolute Gasteiger partial charge is 0.311 e. The highest BCUT2D eigenvalue weighted by Gasteiger charge is 2.30. The van der Waals surface area contributed by atoms with Gasteiger partial charge in [0.15, 0.2) is 6.61 Å². The number of thiophene rings is 1. The van der Waals surface area contributed by atoms with Gasteiger partial charge in [-0.1, -0.05) is 24.3 Å². The molecule has 1 unspecified atom stereocenters. The van der Waals surface area contributed by atoms with E-state index >= 15 is 0 Å². The predicted octanol–water partition coefficient (Wildman–Crippen LogP) is 3.89. The van der Waals surface area contributed by atoms with Gasteiger partial charge < -0.3 is 14.2 Å². The molecule has 3 aromatic rings. The number of aromatic nitrogens is 1. The minimum atomic E-state index is -0.449. The molecule has 32 heavy (non-hydrogen) atoms. The van der Waals surface area contributed by atoms with Gasteiger partial charge >= 0.3 is 5.97 Å². The fraction of sp³-hybridized carbons (Fsp3) is 0.333. The van der Waals surface area contributed by atoms with Crippen molar-refractivity contribution in [1.29, 1.82) is 5.26 Å². The predicted molar refractivity (Wildman–Crippen MR) is 120 cm³/mol. The molecule has 1 atom stereocenters. The van der Waals surface area contributed by atoms with E-state index in [9.17, 15) is 14.4 Å². The van der Waals surface area contributed by atoms with E-state index in [0.717, 1.165) is 17.3 Å². The second-order valence-electron chi connectivity index (χ2n) is 7.76. The summed E-state index contributed by atoms with van der Waals surface area (Å²) in [5, 5.41) is 11.5. The van der Waals surface area contributed by atoms with Crippen molar-refractivity contribution >= 4 is 39.9 Å². The van der Waals surface area contributed by atoms with Crippen LogP contribution in [0.25, 0.3) is 10.9 Å². The zero-order valence-corrected chi connectivity index (χ0v) is 18.3. The topological polar surface area (TPSA) is 92.4 Å². The summed E-state index contributed by atoms with van der Waals surface area (Å²) in [7, 11) is 0. The molecular weight excluding hydrogens is 426 g/mol. The second-order valence-corrected chi connectivity index (χ2v) is 8.71. The number of piperidine rings is 1. The summed E-state index contributed by atoms with van der Waals surface area (Å²) < 4.78 is 7.25. The maximum Gasteiger partial charge on any atom is 0.311 e. The van der Waals surface area contributed by atoms with Crippen molar-refractivity contribution in [2.75, 3.05) is 19.7 Å². The Hall–Kier alpha value is -3.44. The number of rotatable bonds is 7. The molecule has 0 N–H and O–H groups in total. The van der Waals surface area contributed by atoms with Crippen molar-refractivity contribution in [2.45, 2.75) is 25.8 Å². The quantitative estimate of drug-likeness (QED) is 0.403. The number of carbonyl (C=O) groups is 3. The lowest BCUT2D eigenvalue weighted by Gasteiger charge is -2.31. The summed E-state index contributed by atoms with van der Waals surface area (Å²) in [5.74, 6) is -1.24. The van der Waals surface area contributed by atoms with Gasteiger partial charge in [-0.15, -0.1) is 11.3 Å². The van der Waals surface area contributed by atoms with E-state index in [4.69, 9.17) is 10.00 Å². The molecule has 0 bridgehead atoms. The maximum absolute atomic E-state index is 12.8. The number of ether oxygens (including phenoxy) is 1. The first-order chi connectivity index (χ1) is 15.6. The molecule has 0 spiro atoms. The van der Waals surface area contributed by atoms with Crippen LogP contribution in [0, 0.1) is 17.2 Å². The van der Waals surface area contributed by atoms with Crippen LogP contribution in [0.15, 0.2) is 48.0 Å². The number of hydrogen-bond donors (Lipinski definition) is 0. The number of esters is 1. The Morgan fingerprint density at radius 3 is 2.81 bits per heavy atom. The van der Waals surface area contributed by atoms with E-state index < -0.39 is 11.9 Å². The molecule has 1 amide bonds. The van der Waals surface area contributed by atoms with E-state index in [-0.39, 0.29) is 18.3 Å². The summed E-state index contributed by atoms with van der Waals surface area (Å²) in [6.45, 7) is 1.06. The van der Waals surface area contributed by atoms with Crippen LogP contribution in [0.2, 0.25) is 0 Å². The molecule has 1 fully saturated rings. The molecule has 0 saturated carbocycles. The number of para-hydroxylation sites is 1. The fourth-order valence-electron chi connectivity index (χ4n) is 4.07. The molecule has 1 aromatic carbocycles. The normalized spacial score (nSPS) is 16.0. The van der Waals surface area contributed by atoms with E-state index in [1.807, 2.05) is 40.3 Å². The van der Waals surface area contributed by atoms with Crippen LogP contribution >= 0.6 is 11.3 Å². The molecule has 1 aliphatic rings. The van der Waals surface area contributed by atoms with Crippen LogP contribution in [0.3, 0.4) is 0 Å². The van der Waals surface area contributed by atoms with Crippen LogP contribution < -0.4 is 0 Å². The number of nitriles is 1. The van der Waals surface area contributed by atoms with E-state index in [2.05, 4.69) is 6.07 Å². The second kappa shape index (κ2) is 9.79. The summed E-state index contributed by atoms with van der Waals surface area (Å²) in [5.41, 5.74) is 1.34. The first-order valence-electron chi connectivity index (χ1n) is 10.6. The highest BCUT2D eigenvalue weighted by Crippen LogP contribution is 2.24. The van der Waals surface area contributed by atoms with Crippen molar-refractivity contribution in [1.82, 2.24) is 9.47 Å². The van der Waals surface area contributed by atoms with Gasteiger partial charge in [-0.05, 0) is 30.4 Å². The maximum atomic E-state index is 12.8. The van der Waals surface area contributed by atoms with Gasteiger partial charge in [0, 0.05) is 42.3 Å². The largest absolute Gasteiger partial charge is 0.457 e. The third-order valence-electron chi connectivity index (χ3n) is 5.67. The van der Waals surface area contributed by atoms with Crippen molar-refractivity contribution in [2.24, 2.45) is 5.92 Å². The lowest BCUT2D eigenvalue weighted by molar-refractivity contribution is -0.148. The molecular formula is C24H23N3O4S. The van der Waals surface area contributed by atoms with Crippen molar-refractivity contribution in [3.8, 4) is 6.07 Å². The molecule has 0 aliphatic carbocycles. The van der Waals surface area contributed by atoms with Gasteiger partial charge in [-0.2, -0.15) is 5.26 Å². The van der Waals surface area contributed by atoms with Crippen LogP contribution in [0.1, 0.15) is 39.3 Å². The van der Waals surface area contributed by atoms with Gasteiger partial charge in [-0.25, -0.2) is 0 Å². The number of likely N-dealkylation sites (tertiary alicyclic amines) is 1. The van der Waals surface area contributed by atoms with Gasteiger partial charge in [0.05, 0.1) is 23.3 Å². The van der Waals surface area contributed by atoms with E-state index in [1.165, 1.54) is 11.3 Å². The van der Waals surface area contributed by atoms with Crippen LogP contribution in [0.4, 0.5) is 0 Å². The summed E-state index contributed by atoms with van der Waals surface area (Å²) in [6.07, 6.45) is 3.41. The minimum Gasteiger partial charge on any atom is -0.457 e. The Kier molecular flexibility index (Phi) is 6.66. The average Bonchev–Trinajstić information content (AvgIpc) is 3.49. The lowest BCUT2D eigenvalue weighted by atomic mass is 9.98. The Bertz CT molecular complexity index is 1180. The molecule has 2 aromatic heterocycles. The first kappa shape index (κ1) is 21.8. The molecule has 4 rings (SSSR count). The minimum absolute atomic E-state index is 0.0706. The monoisotopic (exact) mass is 449 g/mol. The Balaban J connectivity index is 1.39. The standard InChI is InChI=1S/C24H23N3O4S/c25-10-5-12-26-15-19(18-7-1-2-8-20(18)26)21(28)16-31-24(30)17-6-3-11-27(14-17)23(29)22-9-4-13-32-22/h1-2,4,7-9,13,15,17H,3,5-6,11-12,14,16H2. The molecule has 3 heterocycles. The molecule has 1 saturated heterocycles. The molecule has 8 heteroatoms. The number of fused-ring (bicyclic) bond motifs is 1. The van der Waals surface area contributed by atoms with Crippen LogP contribution in [-0.2, 0) is 16.1 Å². The number of hydrogen-bond acceptors (Lipinski definition) is 6. The first-order valence-corrected chi connectivity index (χ1v) is 11.4. The molecule has 164 valence electrons. The number of aryl methyl sites for hydroxylation is 1. The van der Waals surface area contributed by atoms with Gasteiger partial charge in [-0.3, -0.25) is 14.4 Å². The zero-order valence-electron chi connectivity index (χ0n) is 17.5. The van der Waals surface area contributed by atoms with Crippen LogP contribution in [-0.4, -0.2) is 46.8 Å². The summed E-state index contributed by atoms with van der Waals surface area (Å²) in [6, 6.07) is 13.2. The zero-order chi connectivity index (χ0) is 22.5. The highest BCUT2D eigenvalue weighted by atomic mass is 32.1. The number of amides is 1. The van der Waals surface area contributed by atoms with Crippen molar-refractivity contribution < 1.29 is 19.1 Å². The number of Topliss-reactive ketones (excluding diaryl/α,β-unsaturated/α-hetero) is 1. The number of nitrogens with zero attached hydrogens (tertiary/aromatic N) is 3. The fourth-order valence-corrected chi connectivity index (χ4v) is 4.76. The third kappa shape index (κ3) is 4.58. The number of benzene rings is 1. The SMILES string of the molecule is N#CCCn1cc(C(=O)COC(=O)C2CCCN(C(=O)c3cccs3)C2)c2ccccc21. The third-order valence-corrected chi connectivity index (χ3v) is 6.53. The highest BCUT2D eigenvalue weighted by molar-refractivity contribution is 7.12. The van der Waals surface area contributed by atoms with Gasteiger partial charge in [0.25, 0.3) is 5.91 Å². The van der Waals surface area contributed by atoms with Gasteiger partial charge in [0.1, 0.15) is 0 Å². The molecule has 7 nitrogen and oxygen atoms in total. The number of carbonyl (C=O) groups excluding carboxylic acids is 3. The Morgan fingerprint density at radius 1 is 1.19 bits per heavy atom. The van der Waals surface area contributed by atoms with Gasteiger partial charge in [0.2, 0.25) is 5.78 Å². The average molecular weight is 450 g/mol. The summed E-state index contributed by atoms with van der Waals surface area (Å²) >= 11 is 1.38. The molecule has 1 aliphatic heterocycles. The van der Waals surface area contributed by atoms with E-state index in [0.29, 0.717) is 42.9 Å². The van der Waals surface area contributed by atoms with E-state index in [1.54, 1.807) is 17.2 Å². The Labute approximate surface area is 189 Å². The Morgan fingerprint density at radius 2 is 2.03 bits per heavy atom. The van der Waals surface area contributed by atoms with Crippen LogP contribution in [0.5, 0.6) is 0 Å². The van der Waals surface area contributed by atoms with Crippen molar-refractivity contribution in [3.63, 3.8) is 0 Å². The molecule has 0 radical (unpaired) electrons. The lowest BCUT2D eigenvalue weighted by Crippen LogP contribution is -2.42.